The van der Waals surface area contributed by atoms with Crippen molar-refractivity contribution in [3.63, 3.8) is 0 Å². The maximum atomic E-state index is 11.9. The molecular weight excluding hydrogens is 238 g/mol. The van der Waals surface area contributed by atoms with Gasteiger partial charge in [-0.25, -0.2) is 13.6 Å². The van der Waals surface area contributed by atoms with Gasteiger partial charge in [0, 0.05) is 12.1 Å². The standard InChI is InChI=1S/C9H6F2N2O4/c10-9(11)4-17-8-2-6(12-5-14)1-7(3-8)13(15)16/h1-3,9H,4H2. The highest BCUT2D eigenvalue weighted by Crippen LogP contribution is 2.27. The summed E-state index contributed by atoms with van der Waals surface area (Å²) in [5.74, 6) is -0.159. The second-order valence-corrected chi connectivity index (χ2v) is 2.85. The van der Waals surface area contributed by atoms with E-state index in [0.717, 1.165) is 18.2 Å². The van der Waals surface area contributed by atoms with Gasteiger partial charge in [0.1, 0.15) is 12.4 Å². The van der Waals surface area contributed by atoms with Crippen molar-refractivity contribution in [2.24, 2.45) is 4.99 Å². The SMILES string of the molecule is O=C=Nc1cc(OCC(F)F)cc([N+](=O)[O-])c1. The zero-order valence-electron chi connectivity index (χ0n) is 8.30. The predicted octanol–water partition coefficient (Wildman–Crippen LogP) is 2.21. The Labute approximate surface area is 93.7 Å². The molecule has 0 bridgehead atoms. The van der Waals surface area contributed by atoms with Gasteiger partial charge < -0.3 is 4.74 Å². The first-order chi connectivity index (χ1) is 8.02. The van der Waals surface area contributed by atoms with Crippen LogP contribution in [0.15, 0.2) is 23.2 Å². The summed E-state index contributed by atoms with van der Waals surface area (Å²) in [7, 11) is 0. The van der Waals surface area contributed by atoms with Gasteiger partial charge in [-0.05, 0) is 0 Å². The van der Waals surface area contributed by atoms with Crippen LogP contribution in [0, 0.1) is 10.1 Å². The van der Waals surface area contributed by atoms with Gasteiger partial charge in [0.25, 0.3) is 12.1 Å². The molecule has 0 heterocycles. The molecule has 0 unspecified atom stereocenters. The monoisotopic (exact) mass is 244 g/mol. The molecule has 0 aliphatic rings. The lowest BCUT2D eigenvalue weighted by atomic mass is 10.2. The third-order valence-corrected chi connectivity index (χ3v) is 1.64. The summed E-state index contributed by atoms with van der Waals surface area (Å²) < 4.78 is 28.4. The summed E-state index contributed by atoms with van der Waals surface area (Å²) in [6, 6.07) is 3.09. The normalized spacial score (nSPS) is 9.82. The van der Waals surface area contributed by atoms with Crippen LogP contribution in [0.5, 0.6) is 5.75 Å². The average Bonchev–Trinajstić information content (AvgIpc) is 2.26. The highest BCUT2D eigenvalue weighted by atomic mass is 19.3. The molecule has 0 amide bonds. The first-order valence-electron chi connectivity index (χ1n) is 4.31. The number of nitrogens with zero attached hydrogens (tertiary/aromatic N) is 2. The van der Waals surface area contributed by atoms with Crippen LogP contribution < -0.4 is 4.74 Å². The number of non-ortho nitro benzene ring substituents is 1. The third kappa shape index (κ3) is 3.96. The van der Waals surface area contributed by atoms with Gasteiger partial charge in [-0.3, -0.25) is 10.1 Å². The van der Waals surface area contributed by atoms with Gasteiger partial charge in [-0.15, -0.1) is 0 Å². The van der Waals surface area contributed by atoms with E-state index in [4.69, 9.17) is 0 Å². The number of hydrogen-bond acceptors (Lipinski definition) is 5. The molecule has 90 valence electrons. The number of carbonyl (C=O) groups excluding carboxylic acids is 1. The van der Waals surface area contributed by atoms with E-state index < -0.39 is 23.6 Å². The van der Waals surface area contributed by atoms with Crippen LogP contribution in [-0.4, -0.2) is 24.0 Å². The van der Waals surface area contributed by atoms with E-state index in [9.17, 15) is 23.7 Å². The predicted molar refractivity (Wildman–Crippen MR) is 52.4 cm³/mol. The molecule has 0 aromatic heterocycles. The summed E-state index contributed by atoms with van der Waals surface area (Å²) in [5, 5.41) is 10.5. The summed E-state index contributed by atoms with van der Waals surface area (Å²) >= 11 is 0. The highest BCUT2D eigenvalue weighted by molar-refractivity contribution is 5.57. The average molecular weight is 244 g/mol. The van der Waals surface area contributed by atoms with Crippen LogP contribution in [0.3, 0.4) is 0 Å². The summed E-state index contributed by atoms with van der Waals surface area (Å²) in [4.78, 5) is 22.9. The minimum Gasteiger partial charge on any atom is -0.487 e. The van der Waals surface area contributed by atoms with Crippen molar-refractivity contribution >= 4 is 17.5 Å². The number of nitro benzene ring substituents is 1. The molecule has 17 heavy (non-hydrogen) atoms. The zero-order valence-corrected chi connectivity index (χ0v) is 8.30. The van der Waals surface area contributed by atoms with E-state index in [-0.39, 0.29) is 11.4 Å². The number of halogens is 2. The van der Waals surface area contributed by atoms with Crippen LogP contribution in [0.2, 0.25) is 0 Å². The minimum atomic E-state index is -2.70. The van der Waals surface area contributed by atoms with Gasteiger partial charge in [0.15, 0.2) is 0 Å². The lowest BCUT2D eigenvalue weighted by Gasteiger charge is -2.05. The van der Waals surface area contributed by atoms with Crippen molar-refractivity contribution < 1.29 is 23.2 Å². The molecule has 0 saturated carbocycles. The Balaban J connectivity index is 3.03. The Hall–Kier alpha value is -2.34. The Morgan fingerprint density at radius 2 is 2.18 bits per heavy atom. The van der Waals surface area contributed by atoms with Gasteiger partial charge in [0.05, 0.1) is 16.7 Å². The maximum Gasteiger partial charge on any atom is 0.275 e. The van der Waals surface area contributed by atoms with Crippen molar-refractivity contribution in [3.05, 3.63) is 28.3 Å². The fourth-order valence-electron chi connectivity index (χ4n) is 1.03. The molecule has 1 aromatic rings. The first kappa shape index (κ1) is 12.7. The van der Waals surface area contributed by atoms with E-state index in [1.54, 1.807) is 0 Å². The van der Waals surface area contributed by atoms with Crippen molar-refractivity contribution in [1.82, 2.24) is 0 Å². The van der Waals surface area contributed by atoms with Crippen molar-refractivity contribution in [2.45, 2.75) is 6.43 Å². The number of rotatable bonds is 5. The van der Waals surface area contributed by atoms with Crippen LogP contribution in [0.1, 0.15) is 0 Å². The summed E-state index contributed by atoms with van der Waals surface area (Å²) in [5.41, 5.74) is -0.496. The van der Waals surface area contributed by atoms with Gasteiger partial charge in [-0.2, -0.15) is 4.99 Å². The molecule has 0 aliphatic heterocycles. The molecular formula is C9H6F2N2O4. The topological polar surface area (TPSA) is 81.8 Å². The number of alkyl halides is 2. The van der Waals surface area contributed by atoms with Gasteiger partial charge >= 0.3 is 0 Å². The largest absolute Gasteiger partial charge is 0.487 e. The molecule has 1 aromatic carbocycles. The lowest BCUT2D eigenvalue weighted by Crippen LogP contribution is -2.07. The number of nitro groups is 1. The lowest BCUT2D eigenvalue weighted by molar-refractivity contribution is -0.384. The molecule has 0 N–H and O–H groups in total. The maximum absolute atomic E-state index is 11.9. The van der Waals surface area contributed by atoms with E-state index in [1.807, 2.05) is 0 Å². The molecule has 1 rings (SSSR count). The smallest absolute Gasteiger partial charge is 0.275 e. The molecule has 0 saturated heterocycles. The van der Waals surface area contributed by atoms with E-state index in [2.05, 4.69) is 9.73 Å². The fourth-order valence-corrected chi connectivity index (χ4v) is 1.03. The second-order valence-electron chi connectivity index (χ2n) is 2.85. The van der Waals surface area contributed by atoms with Crippen LogP contribution in [0.25, 0.3) is 0 Å². The Morgan fingerprint density at radius 1 is 1.47 bits per heavy atom. The van der Waals surface area contributed by atoms with Crippen molar-refractivity contribution in [1.29, 1.82) is 0 Å². The Bertz CT molecular complexity index is 452. The first-order valence-corrected chi connectivity index (χ1v) is 4.31. The second kappa shape index (κ2) is 5.66. The van der Waals surface area contributed by atoms with Gasteiger partial charge in [-0.1, -0.05) is 0 Å². The molecule has 0 spiro atoms. The highest BCUT2D eigenvalue weighted by Gasteiger charge is 2.12. The number of ether oxygens (including phenoxy) is 1. The zero-order chi connectivity index (χ0) is 12.8. The van der Waals surface area contributed by atoms with E-state index >= 15 is 0 Å². The molecule has 0 fully saturated rings. The number of aliphatic imine (C=N–C) groups is 1. The molecule has 0 aliphatic carbocycles. The quantitative estimate of drug-likeness (QED) is 0.344. The Morgan fingerprint density at radius 3 is 2.71 bits per heavy atom. The molecule has 8 heteroatoms. The van der Waals surface area contributed by atoms with Crippen molar-refractivity contribution in [2.75, 3.05) is 6.61 Å². The fraction of sp³-hybridized carbons (Fsp3) is 0.222. The third-order valence-electron chi connectivity index (χ3n) is 1.64. The minimum absolute atomic E-state index is 0.0848. The van der Waals surface area contributed by atoms with Crippen LogP contribution >= 0.6 is 0 Å². The van der Waals surface area contributed by atoms with Crippen LogP contribution in [0.4, 0.5) is 20.2 Å². The van der Waals surface area contributed by atoms with Gasteiger partial charge in [0.2, 0.25) is 6.08 Å². The molecule has 0 atom stereocenters. The molecule has 6 nitrogen and oxygen atoms in total. The van der Waals surface area contributed by atoms with E-state index in [0.29, 0.717) is 0 Å². The number of isocyanates is 1. The van der Waals surface area contributed by atoms with Crippen LogP contribution in [-0.2, 0) is 4.79 Å². The number of hydrogen-bond donors (Lipinski definition) is 0. The number of benzene rings is 1. The Kier molecular flexibility index (Phi) is 4.24. The molecule has 0 radical (unpaired) electrons. The van der Waals surface area contributed by atoms with Crippen molar-refractivity contribution in [3.8, 4) is 5.75 Å². The summed E-state index contributed by atoms with van der Waals surface area (Å²) in [6.07, 6.45) is -1.51. The van der Waals surface area contributed by atoms with E-state index in [1.165, 1.54) is 6.08 Å². The summed E-state index contributed by atoms with van der Waals surface area (Å²) in [6.45, 7) is -0.897.